The Hall–Kier alpha value is -1.93. The highest BCUT2D eigenvalue weighted by Gasteiger charge is 2.17. The normalized spacial score (nSPS) is 11.6. The topological polar surface area (TPSA) is 71.3 Å². The first kappa shape index (κ1) is 15.5. The molecule has 8 heteroatoms. The van der Waals surface area contributed by atoms with E-state index in [4.69, 9.17) is 4.42 Å². The van der Waals surface area contributed by atoms with Crippen molar-refractivity contribution in [1.29, 1.82) is 0 Å². The number of benzene rings is 1. The summed E-state index contributed by atoms with van der Waals surface area (Å²) in [6.07, 6.45) is 0. The Balaban J connectivity index is 2.17. The number of hydrogen-bond donors (Lipinski definition) is 2. The van der Waals surface area contributed by atoms with Crippen LogP contribution < -0.4 is 10.0 Å². The van der Waals surface area contributed by atoms with Gasteiger partial charge < -0.3 is 9.73 Å². The van der Waals surface area contributed by atoms with Crippen molar-refractivity contribution in [2.45, 2.75) is 18.6 Å². The number of hydrogen-bond acceptors (Lipinski definition) is 4. The standard InChI is InChI=1S/C13H14F2N2O3S/c1-8-3-5-10(14)13(12(8)15)17-7-9-4-6-11(20-9)21(18,19)16-2/h3-6,16-17H,7H2,1-2H3. The van der Waals surface area contributed by atoms with Crippen LogP contribution in [0.4, 0.5) is 14.5 Å². The van der Waals surface area contributed by atoms with Crippen LogP contribution in [0.3, 0.4) is 0 Å². The van der Waals surface area contributed by atoms with Crippen molar-refractivity contribution in [3.05, 3.63) is 47.2 Å². The molecule has 0 aliphatic rings. The summed E-state index contributed by atoms with van der Waals surface area (Å²) < 4.78 is 57.5. The summed E-state index contributed by atoms with van der Waals surface area (Å²) in [4.78, 5) is 0. The summed E-state index contributed by atoms with van der Waals surface area (Å²) in [6, 6.07) is 5.18. The number of sulfonamides is 1. The molecule has 1 heterocycles. The van der Waals surface area contributed by atoms with Crippen LogP contribution in [0.2, 0.25) is 0 Å². The number of anilines is 1. The Labute approximate surface area is 121 Å². The van der Waals surface area contributed by atoms with Crippen LogP contribution in [-0.4, -0.2) is 15.5 Å². The van der Waals surface area contributed by atoms with Gasteiger partial charge in [0.05, 0.1) is 6.54 Å². The van der Waals surface area contributed by atoms with Crippen LogP contribution in [0.15, 0.2) is 33.8 Å². The summed E-state index contributed by atoms with van der Waals surface area (Å²) >= 11 is 0. The van der Waals surface area contributed by atoms with Crippen LogP contribution >= 0.6 is 0 Å². The predicted octanol–water partition coefficient (Wildman–Crippen LogP) is 2.39. The minimum absolute atomic E-state index is 0.0451. The zero-order chi connectivity index (χ0) is 15.6. The monoisotopic (exact) mass is 316 g/mol. The molecule has 1 aromatic heterocycles. The van der Waals surface area contributed by atoms with E-state index in [1.807, 2.05) is 0 Å². The van der Waals surface area contributed by atoms with E-state index in [-0.39, 0.29) is 23.1 Å². The molecule has 5 nitrogen and oxygen atoms in total. The molecule has 0 fully saturated rings. The molecule has 2 rings (SSSR count). The van der Waals surface area contributed by atoms with E-state index < -0.39 is 21.7 Å². The highest BCUT2D eigenvalue weighted by atomic mass is 32.2. The third-order valence-corrected chi connectivity index (χ3v) is 4.18. The van der Waals surface area contributed by atoms with Crippen molar-refractivity contribution in [2.24, 2.45) is 0 Å². The quantitative estimate of drug-likeness (QED) is 0.888. The maximum absolute atomic E-state index is 13.8. The minimum atomic E-state index is -3.68. The second kappa shape index (κ2) is 5.82. The van der Waals surface area contributed by atoms with Crippen LogP contribution in [0, 0.1) is 18.6 Å². The number of nitrogens with one attached hydrogen (secondary N) is 2. The molecule has 0 aliphatic heterocycles. The molecule has 0 saturated heterocycles. The molecule has 0 saturated carbocycles. The second-order valence-electron chi connectivity index (χ2n) is 4.34. The van der Waals surface area contributed by atoms with Gasteiger partial charge in [-0.2, -0.15) is 0 Å². The lowest BCUT2D eigenvalue weighted by Crippen LogP contribution is -2.17. The Morgan fingerprint density at radius 3 is 2.57 bits per heavy atom. The molecule has 21 heavy (non-hydrogen) atoms. The highest BCUT2D eigenvalue weighted by molar-refractivity contribution is 7.89. The first-order chi connectivity index (χ1) is 9.85. The van der Waals surface area contributed by atoms with Gasteiger partial charge in [-0.3, -0.25) is 0 Å². The average Bonchev–Trinajstić information content (AvgIpc) is 2.93. The number of furan rings is 1. The largest absolute Gasteiger partial charge is 0.446 e. The predicted molar refractivity (Wildman–Crippen MR) is 73.4 cm³/mol. The summed E-state index contributed by atoms with van der Waals surface area (Å²) in [5.41, 5.74) is 0.0289. The molecule has 0 spiro atoms. The van der Waals surface area contributed by atoms with Crippen LogP contribution in [0.1, 0.15) is 11.3 Å². The molecule has 0 radical (unpaired) electrons. The Bertz CT molecular complexity index is 757. The summed E-state index contributed by atoms with van der Waals surface area (Å²) in [6.45, 7) is 1.47. The van der Waals surface area contributed by atoms with E-state index in [2.05, 4.69) is 10.0 Å². The number of aryl methyl sites for hydroxylation is 1. The van der Waals surface area contributed by atoms with Gasteiger partial charge in [0.1, 0.15) is 17.3 Å². The molecular formula is C13H14F2N2O3S. The zero-order valence-electron chi connectivity index (χ0n) is 11.4. The van der Waals surface area contributed by atoms with Gasteiger partial charge in [0.2, 0.25) is 5.09 Å². The van der Waals surface area contributed by atoms with E-state index in [1.165, 1.54) is 32.2 Å². The van der Waals surface area contributed by atoms with Gasteiger partial charge >= 0.3 is 0 Å². The molecule has 0 atom stereocenters. The molecule has 2 aromatic rings. The fourth-order valence-electron chi connectivity index (χ4n) is 1.69. The van der Waals surface area contributed by atoms with Crippen molar-refractivity contribution in [2.75, 3.05) is 12.4 Å². The number of halogens is 2. The highest BCUT2D eigenvalue weighted by Crippen LogP contribution is 2.23. The molecule has 0 aliphatic carbocycles. The van der Waals surface area contributed by atoms with Crippen molar-refractivity contribution in [3.63, 3.8) is 0 Å². The van der Waals surface area contributed by atoms with Gasteiger partial charge in [0, 0.05) is 0 Å². The Kier molecular flexibility index (Phi) is 4.29. The number of rotatable bonds is 5. The van der Waals surface area contributed by atoms with Crippen molar-refractivity contribution in [3.8, 4) is 0 Å². The van der Waals surface area contributed by atoms with Gasteiger partial charge in [0.15, 0.2) is 5.82 Å². The fourth-order valence-corrected chi connectivity index (χ4v) is 2.36. The summed E-state index contributed by atoms with van der Waals surface area (Å²) in [7, 11) is -2.42. The van der Waals surface area contributed by atoms with Crippen LogP contribution in [-0.2, 0) is 16.6 Å². The van der Waals surface area contributed by atoms with Gasteiger partial charge in [0.25, 0.3) is 10.0 Å². The molecule has 1 aromatic carbocycles. The molecule has 0 amide bonds. The SMILES string of the molecule is CNS(=O)(=O)c1ccc(CNc2c(F)ccc(C)c2F)o1. The maximum Gasteiger partial charge on any atom is 0.273 e. The third kappa shape index (κ3) is 3.22. The third-order valence-electron chi connectivity index (χ3n) is 2.89. The minimum Gasteiger partial charge on any atom is -0.446 e. The summed E-state index contributed by atoms with van der Waals surface area (Å²) in [5, 5.41) is 2.30. The molecule has 2 N–H and O–H groups in total. The zero-order valence-corrected chi connectivity index (χ0v) is 12.2. The van der Waals surface area contributed by atoms with Gasteiger partial charge in [-0.1, -0.05) is 6.07 Å². The average molecular weight is 316 g/mol. The van der Waals surface area contributed by atoms with Gasteiger partial charge in [-0.05, 0) is 37.7 Å². The Morgan fingerprint density at radius 2 is 1.90 bits per heavy atom. The van der Waals surface area contributed by atoms with E-state index in [0.29, 0.717) is 5.56 Å². The molecule has 114 valence electrons. The van der Waals surface area contributed by atoms with Crippen molar-refractivity contribution < 1.29 is 21.6 Å². The maximum atomic E-state index is 13.8. The van der Waals surface area contributed by atoms with Crippen LogP contribution in [0.25, 0.3) is 0 Å². The lowest BCUT2D eigenvalue weighted by Gasteiger charge is -2.09. The first-order valence-corrected chi connectivity index (χ1v) is 7.54. The van der Waals surface area contributed by atoms with Gasteiger partial charge in [-0.25, -0.2) is 21.9 Å². The van der Waals surface area contributed by atoms with E-state index in [0.717, 1.165) is 6.07 Å². The molecule has 0 bridgehead atoms. The smallest absolute Gasteiger partial charge is 0.273 e. The Morgan fingerprint density at radius 1 is 1.19 bits per heavy atom. The van der Waals surface area contributed by atoms with E-state index in [1.54, 1.807) is 0 Å². The lowest BCUT2D eigenvalue weighted by atomic mass is 10.2. The van der Waals surface area contributed by atoms with Crippen molar-refractivity contribution >= 4 is 15.7 Å². The lowest BCUT2D eigenvalue weighted by molar-refractivity contribution is 0.416. The van der Waals surface area contributed by atoms with Gasteiger partial charge in [-0.15, -0.1) is 0 Å². The molecule has 0 unspecified atom stereocenters. The summed E-state index contributed by atoms with van der Waals surface area (Å²) in [5.74, 6) is -1.18. The molecular weight excluding hydrogens is 302 g/mol. The fraction of sp³-hybridized carbons (Fsp3) is 0.231. The first-order valence-electron chi connectivity index (χ1n) is 6.06. The van der Waals surface area contributed by atoms with Crippen molar-refractivity contribution in [1.82, 2.24) is 4.72 Å². The second-order valence-corrected chi connectivity index (χ2v) is 6.15. The van der Waals surface area contributed by atoms with E-state index >= 15 is 0 Å². The van der Waals surface area contributed by atoms with Crippen LogP contribution in [0.5, 0.6) is 0 Å². The van der Waals surface area contributed by atoms with E-state index in [9.17, 15) is 17.2 Å².